The average molecular weight is 1230 g/mol. The molecule has 0 unspecified atom stereocenters. The lowest BCUT2D eigenvalue weighted by Crippen LogP contribution is -2.39. The molecule has 5 heterocycles. The lowest BCUT2D eigenvalue weighted by Gasteiger charge is -2.34. The molecular weight excluding hydrogens is 1140 g/mol. The van der Waals surface area contributed by atoms with Crippen molar-refractivity contribution in [2.45, 2.75) is 119 Å². The summed E-state index contributed by atoms with van der Waals surface area (Å²) < 4.78 is 30.6. The number of carbonyl (C=O) groups is 4. The lowest BCUT2D eigenvalue weighted by atomic mass is 9.84. The maximum atomic E-state index is 13.9. The van der Waals surface area contributed by atoms with Gasteiger partial charge in [-0.15, -0.1) is 0 Å². The van der Waals surface area contributed by atoms with Gasteiger partial charge in [0.25, 0.3) is 5.91 Å². The predicted octanol–water partition coefficient (Wildman–Crippen LogP) is 13.6. The van der Waals surface area contributed by atoms with Crippen LogP contribution < -0.4 is 19.7 Å². The largest absolute Gasteiger partial charge is 0.493 e. The molecule has 0 spiro atoms. The Balaban J connectivity index is 0.000000307. The first-order valence-electron chi connectivity index (χ1n) is 30.0. The van der Waals surface area contributed by atoms with Crippen LogP contribution in [0.4, 0.5) is 10.9 Å². The smallest absolute Gasteiger partial charge is 0.358 e. The Kier molecular flexibility index (Phi) is 22.8. The third kappa shape index (κ3) is 17.4. The zero-order chi connectivity index (χ0) is 59.9. The van der Waals surface area contributed by atoms with Crippen LogP contribution >= 0.6 is 27.3 Å². The molecule has 0 saturated carbocycles. The molecule has 3 aliphatic rings. The van der Waals surface area contributed by atoms with Gasteiger partial charge in [0.15, 0.2) is 10.8 Å². The van der Waals surface area contributed by atoms with Crippen LogP contribution in [-0.4, -0.2) is 121 Å². The first kappa shape index (κ1) is 63.6. The highest BCUT2D eigenvalue weighted by Crippen LogP contribution is 2.37. The van der Waals surface area contributed by atoms with E-state index in [1.807, 2.05) is 126 Å². The molecule has 2 saturated heterocycles. The fourth-order valence-electron chi connectivity index (χ4n) is 11.5. The van der Waals surface area contributed by atoms with Gasteiger partial charge in [0.2, 0.25) is 0 Å². The topological polar surface area (TPSA) is 162 Å². The van der Waals surface area contributed by atoms with Crippen LogP contribution in [-0.2, 0) is 36.8 Å². The van der Waals surface area contributed by atoms with Crippen molar-refractivity contribution in [2.75, 3.05) is 82.5 Å². The highest BCUT2D eigenvalue weighted by molar-refractivity contribution is 9.10. The predicted molar refractivity (Wildman–Crippen MR) is 337 cm³/mol. The van der Waals surface area contributed by atoms with Crippen molar-refractivity contribution in [1.82, 2.24) is 19.8 Å². The van der Waals surface area contributed by atoms with Gasteiger partial charge in [0, 0.05) is 34.3 Å². The number of ether oxygens (including phenoxy) is 5. The minimum Gasteiger partial charge on any atom is -0.493 e. The van der Waals surface area contributed by atoms with Crippen molar-refractivity contribution in [1.29, 1.82) is 0 Å². The number of nitrogens with zero attached hydrogens (tertiary/aromatic N) is 5. The Hall–Kier alpha value is -6.40. The average Bonchev–Trinajstić information content (AvgIpc) is 3.34. The number of fused-ring (bicyclic) bond motifs is 2. The normalized spacial score (nSPS) is 16.0. The molecule has 6 aromatic rings. The number of piperidine rings is 2. The second kappa shape index (κ2) is 30.1. The number of aromatic nitrogens is 2. The molecule has 1 amide bonds. The molecule has 1 N–H and O–H groups in total. The Bertz CT molecular complexity index is 3170. The van der Waals surface area contributed by atoms with Crippen LogP contribution in [0.3, 0.4) is 0 Å². The van der Waals surface area contributed by atoms with E-state index in [9.17, 15) is 19.2 Å². The number of hydrogen-bond acceptors (Lipinski definition) is 15. The zero-order valence-electron chi connectivity index (χ0n) is 50.6. The summed E-state index contributed by atoms with van der Waals surface area (Å²) >= 11 is 4.99. The molecule has 15 nitrogen and oxygen atoms in total. The summed E-state index contributed by atoms with van der Waals surface area (Å²) in [5.74, 6) is 3.80. The number of benzene rings is 4. The third-order valence-electron chi connectivity index (χ3n) is 16.5. The van der Waals surface area contributed by atoms with Gasteiger partial charge in [-0.1, -0.05) is 83.6 Å². The van der Waals surface area contributed by atoms with Crippen molar-refractivity contribution in [3.05, 3.63) is 129 Å². The molecule has 17 heteroatoms. The first-order valence-corrected chi connectivity index (χ1v) is 31.6. The number of amides is 1. The number of thiazole rings is 1. The van der Waals surface area contributed by atoms with Crippen LogP contribution in [0.1, 0.15) is 130 Å². The number of esters is 3. The summed E-state index contributed by atoms with van der Waals surface area (Å²) in [5.41, 5.74) is 6.57. The number of likely N-dealkylation sites (tertiary alicyclic amines) is 2. The summed E-state index contributed by atoms with van der Waals surface area (Å²) in [6, 6.07) is 29.6. The fraction of sp³-hybridized carbons (Fsp3) is 0.493. The summed E-state index contributed by atoms with van der Waals surface area (Å²) in [6.07, 6.45) is 7.10. The molecule has 2 fully saturated rings. The van der Waals surface area contributed by atoms with Crippen LogP contribution in [0.5, 0.6) is 11.5 Å². The first-order chi connectivity index (χ1) is 40.4. The fourth-order valence-corrected chi connectivity index (χ4v) is 12.7. The van der Waals surface area contributed by atoms with Gasteiger partial charge >= 0.3 is 17.9 Å². The van der Waals surface area contributed by atoms with Gasteiger partial charge < -0.3 is 28.6 Å². The molecule has 0 bridgehead atoms. The molecule has 3 aliphatic heterocycles. The van der Waals surface area contributed by atoms with Crippen molar-refractivity contribution >= 4 is 72.2 Å². The van der Waals surface area contributed by atoms with Crippen molar-refractivity contribution < 1.29 is 42.9 Å². The number of nitrogens with one attached hydrogen (secondary N) is 1. The van der Waals surface area contributed by atoms with Crippen LogP contribution in [0.2, 0.25) is 0 Å². The molecule has 2 atom stereocenters. The van der Waals surface area contributed by atoms with E-state index in [1.54, 1.807) is 0 Å². The third-order valence-corrected chi connectivity index (χ3v) is 18.3. The molecule has 0 radical (unpaired) electrons. The summed E-state index contributed by atoms with van der Waals surface area (Å²) in [7, 11) is 0. The molecule has 84 heavy (non-hydrogen) atoms. The number of rotatable bonds is 21. The minimum absolute atomic E-state index is 0.105. The van der Waals surface area contributed by atoms with Crippen LogP contribution in [0.15, 0.2) is 95.5 Å². The standard InChI is InChI=1S/C47H55N5O6S.C20H30BrNO3/c1-7-56-42(53)29-51-24-20-32(21-25-51)30(2)23-27-57-39-16-11-13-34(31(39)3)35-18-19-41(49-43(35)45(55)58-47(4,5)6)52-26-22-33-12-10-14-36(37(33)28-52)44(54)50-46-48-38-15-8-9-17-40(38)59-46;1-4-24-20(23)14-22-11-8-17(9-12-22)15(2)10-13-25-19-7-5-6-18(21)16(19)3/h8-19,30,32H,7,20-29H2,1-6H3,(H,48,50,54);5-7,15,17H,4,8-14H2,1-3H3/t30-;15-/m00/s1. The number of halogens is 1. The van der Waals surface area contributed by atoms with Gasteiger partial charge in [-0.3, -0.25) is 29.5 Å². The number of hydrogen-bond donors (Lipinski definition) is 1. The second-order valence-corrected chi connectivity index (χ2v) is 25.4. The van der Waals surface area contributed by atoms with Crippen molar-refractivity contribution in [3.8, 4) is 22.6 Å². The van der Waals surface area contributed by atoms with E-state index in [1.165, 1.54) is 11.3 Å². The molecular formula is C67H85BrN6O9S. The number of para-hydroxylation sites is 1. The molecule has 9 rings (SSSR count). The highest BCUT2D eigenvalue weighted by Gasteiger charge is 2.30. The molecule has 0 aliphatic carbocycles. The lowest BCUT2D eigenvalue weighted by molar-refractivity contribution is -0.145. The van der Waals surface area contributed by atoms with E-state index in [4.69, 9.17) is 28.7 Å². The number of pyridine rings is 1. The van der Waals surface area contributed by atoms with Gasteiger partial charge in [-0.05, 0) is 214 Å². The minimum atomic E-state index is -0.726. The van der Waals surface area contributed by atoms with E-state index >= 15 is 0 Å². The Labute approximate surface area is 509 Å². The van der Waals surface area contributed by atoms with Gasteiger partial charge in [-0.2, -0.15) is 0 Å². The molecule has 4 aromatic carbocycles. The Morgan fingerprint density at radius 1 is 0.690 bits per heavy atom. The second-order valence-electron chi connectivity index (χ2n) is 23.5. The Morgan fingerprint density at radius 2 is 1.27 bits per heavy atom. The quantitative estimate of drug-likeness (QED) is 0.0535. The summed E-state index contributed by atoms with van der Waals surface area (Å²) in [5, 5.41) is 3.58. The molecule has 2 aromatic heterocycles. The van der Waals surface area contributed by atoms with E-state index in [0.29, 0.717) is 98.2 Å². The number of carbonyl (C=O) groups excluding carboxylic acids is 4. The van der Waals surface area contributed by atoms with Crippen molar-refractivity contribution in [2.24, 2.45) is 23.7 Å². The van der Waals surface area contributed by atoms with Crippen LogP contribution in [0.25, 0.3) is 21.3 Å². The van der Waals surface area contributed by atoms with E-state index < -0.39 is 11.6 Å². The van der Waals surface area contributed by atoms with Gasteiger partial charge in [0.05, 0.1) is 49.7 Å². The summed E-state index contributed by atoms with van der Waals surface area (Å²) in [4.78, 5) is 67.3. The Morgan fingerprint density at radius 3 is 1.87 bits per heavy atom. The van der Waals surface area contributed by atoms with Crippen molar-refractivity contribution in [3.63, 3.8) is 0 Å². The van der Waals surface area contributed by atoms with E-state index in [0.717, 1.165) is 125 Å². The molecule has 450 valence electrons. The maximum absolute atomic E-state index is 13.9. The van der Waals surface area contributed by atoms with Gasteiger partial charge in [0.1, 0.15) is 22.9 Å². The van der Waals surface area contributed by atoms with Gasteiger partial charge in [-0.25, -0.2) is 14.8 Å². The van der Waals surface area contributed by atoms with E-state index in [2.05, 4.69) is 67.8 Å². The monoisotopic (exact) mass is 1230 g/mol. The van der Waals surface area contributed by atoms with Crippen LogP contribution in [0, 0.1) is 37.5 Å². The zero-order valence-corrected chi connectivity index (χ0v) is 53.0. The maximum Gasteiger partial charge on any atom is 0.358 e. The number of anilines is 2. The summed E-state index contributed by atoms with van der Waals surface area (Å²) in [6.45, 7) is 25.8. The SMILES string of the molecule is CCOC(=O)CN1CCC([C@@H](C)CCOc2cccc(-c3ccc(N4CCc5cccc(C(=O)Nc6nc7ccccc7s6)c5C4)nc3C(=O)OC(C)(C)C)c2C)CC1.CCOC(=O)CN1CCC([C@@H](C)CCOc2cccc(Br)c2C)CC1. The highest BCUT2D eigenvalue weighted by atomic mass is 79.9. The van der Waals surface area contributed by atoms with E-state index in [-0.39, 0.29) is 23.5 Å².